The predicted octanol–water partition coefficient (Wildman–Crippen LogP) is 1.91. The molecule has 3 heterocycles. The Balaban J connectivity index is 0.000000333. The Labute approximate surface area is 329 Å². The number of aryl methyl sites for hydroxylation is 1. The number of aromatic hydroxyl groups is 1. The van der Waals surface area contributed by atoms with E-state index in [9.17, 15) is 38.7 Å². The lowest BCUT2D eigenvalue weighted by Gasteiger charge is -2.44. The summed E-state index contributed by atoms with van der Waals surface area (Å²) < 4.78 is 31.6. The third-order valence-corrected chi connectivity index (χ3v) is 10.0. The summed E-state index contributed by atoms with van der Waals surface area (Å²) in [5.74, 6) is 1.50. The highest BCUT2D eigenvalue weighted by atomic mass is 35.5. The first kappa shape index (κ1) is 47.4. The molecule has 0 radical (unpaired) electrons. The molecule has 0 aliphatic carbocycles. The van der Waals surface area contributed by atoms with Crippen LogP contribution in [0.3, 0.4) is 0 Å². The van der Waals surface area contributed by atoms with E-state index < -0.39 is 52.1 Å². The number of nitrogens with one attached hydrogen (secondary N) is 2. The van der Waals surface area contributed by atoms with E-state index in [1.807, 2.05) is 24.1 Å². The van der Waals surface area contributed by atoms with E-state index in [0.717, 1.165) is 56.1 Å². The average Bonchev–Trinajstić information content (AvgIpc) is 3.75. The van der Waals surface area contributed by atoms with Crippen molar-refractivity contribution in [3.05, 3.63) is 54.1 Å². The number of likely N-dealkylation sites (N-methyl/N-ethyl adjacent to an activating group) is 1. The maximum atomic E-state index is 12.8. The highest BCUT2D eigenvalue weighted by Gasteiger charge is 2.48. The fraction of sp³-hybridized carbons (Fsp3) is 0.611. The lowest BCUT2D eigenvalue weighted by Crippen LogP contribution is -2.65. The summed E-state index contributed by atoms with van der Waals surface area (Å²) in [6.07, 6.45) is -0.781. The number of rotatable bonds is 11. The molecule has 0 bridgehead atoms. The molecular weight excluding hydrogens is 762 g/mol. The second-order valence-corrected chi connectivity index (χ2v) is 16.1. The van der Waals surface area contributed by atoms with Crippen molar-refractivity contribution < 1.29 is 48.0 Å². The van der Waals surface area contributed by atoms with Crippen molar-refractivity contribution in [3.63, 3.8) is 0 Å². The van der Waals surface area contributed by atoms with Crippen LogP contribution in [0.1, 0.15) is 38.7 Å². The average molecular weight is 820 g/mol. The number of aliphatic imine (C=N–C) groups is 1. The molecular formula is C36H58ClN5O10S2. The van der Waals surface area contributed by atoms with Gasteiger partial charge in [0.2, 0.25) is 5.91 Å². The Morgan fingerprint density at radius 1 is 1.13 bits per heavy atom. The van der Waals surface area contributed by atoms with Crippen LogP contribution in [0.2, 0.25) is 0 Å². The molecule has 2 saturated heterocycles. The van der Waals surface area contributed by atoms with E-state index in [2.05, 4.69) is 58.6 Å². The molecule has 306 valence electrons. The van der Waals surface area contributed by atoms with Crippen molar-refractivity contribution in [2.24, 2.45) is 10.9 Å². The number of aliphatic hydroxyl groups excluding tert-OH is 4. The normalized spacial score (nSPS) is 26.4. The summed E-state index contributed by atoms with van der Waals surface area (Å²) in [6, 6.07) is 14.5. The standard InChI is InChI=1S/C18H34N2O6S.C17H19N3O.CH4O3S.ClH/c1-5-6-10-7-11(20(3)8-10)17(25)19-12(9(2)21)16-14(23)13(22)15(24)18(26-16)27-4;1-13-5-7-14(8-6-13)20(12-17-18-9-10-19-17)15-3-2-4-16(21)11-15;1-5(2,3)4;/h9-16,18,21-24H,5-8H2,1-4H3,(H,19,25);2-8,11,21H,9-10,12H2,1H3,(H,18,19);1H3,(H,2,3,4);1H/t9-,10-,11+,12-,13+,14-,15-,16-,18-;;;/m1.../s1. The third-order valence-electron chi connectivity index (χ3n) is 9.19. The zero-order valence-electron chi connectivity index (χ0n) is 31.6. The molecule has 8 N–H and O–H groups in total. The van der Waals surface area contributed by atoms with Crippen LogP contribution < -0.4 is 15.5 Å². The van der Waals surface area contributed by atoms with Crippen LogP contribution in [-0.2, 0) is 19.6 Å². The monoisotopic (exact) mass is 819 g/mol. The fourth-order valence-corrected chi connectivity index (χ4v) is 7.23. The molecule has 15 nitrogen and oxygen atoms in total. The summed E-state index contributed by atoms with van der Waals surface area (Å²) in [7, 11) is -1.76. The van der Waals surface area contributed by atoms with E-state index in [0.29, 0.717) is 18.7 Å². The Kier molecular flexibility index (Phi) is 19.4. The number of anilines is 2. The molecule has 1 amide bonds. The number of hydrogen-bond donors (Lipinski definition) is 8. The Bertz CT molecular complexity index is 1580. The Hall–Kier alpha value is -2.71. The number of hydrogen-bond acceptors (Lipinski definition) is 14. The Morgan fingerprint density at radius 3 is 2.31 bits per heavy atom. The fourth-order valence-electron chi connectivity index (χ4n) is 6.55. The van der Waals surface area contributed by atoms with Crippen molar-refractivity contribution in [1.29, 1.82) is 0 Å². The number of amidine groups is 1. The highest BCUT2D eigenvalue weighted by molar-refractivity contribution is 7.99. The van der Waals surface area contributed by atoms with Crippen LogP contribution >= 0.6 is 24.2 Å². The van der Waals surface area contributed by atoms with Crippen molar-refractivity contribution in [2.45, 2.75) is 88.1 Å². The number of phenols is 1. The van der Waals surface area contributed by atoms with Crippen LogP contribution in [0.25, 0.3) is 0 Å². The van der Waals surface area contributed by atoms with Gasteiger partial charge in [-0.05, 0) is 70.2 Å². The molecule has 5 rings (SSSR count). The quantitative estimate of drug-likeness (QED) is 0.152. The van der Waals surface area contributed by atoms with Gasteiger partial charge in [0, 0.05) is 30.5 Å². The summed E-state index contributed by atoms with van der Waals surface area (Å²) in [6.45, 7) is 8.96. The number of carbonyl (C=O) groups excluding carboxylic acids is 1. The van der Waals surface area contributed by atoms with E-state index in [1.54, 1.807) is 18.4 Å². The minimum atomic E-state index is -3.67. The van der Waals surface area contributed by atoms with Crippen molar-refractivity contribution >= 4 is 57.4 Å². The topological polar surface area (TPSA) is 225 Å². The molecule has 0 saturated carbocycles. The zero-order chi connectivity index (χ0) is 39.5. The second kappa shape index (κ2) is 22.1. The molecule has 0 spiro atoms. The third kappa shape index (κ3) is 14.4. The molecule has 54 heavy (non-hydrogen) atoms. The van der Waals surface area contributed by atoms with Gasteiger partial charge in [-0.1, -0.05) is 37.1 Å². The first-order valence-corrected chi connectivity index (χ1v) is 20.8. The van der Waals surface area contributed by atoms with E-state index in [1.165, 1.54) is 24.2 Å². The van der Waals surface area contributed by atoms with Gasteiger partial charge >= 0.3 is 0 Å². The molecule has 3 aliphatic heterocycles. The van der Waals surface area contributed by atoms with Gasteiger partial charge in [0.15, 0.2) is 0 Å². The minimum Gasteiger partial charge on any atom is -0.508 e. The molecule has 0 aromatic heterocycles. The number of carbonyl (C=O) groups is 1. The smallest absolute Gasteiger partial charge is 0.261 e. The molecule has 2 aromatic rings. The van der Waals surface area contributed by atoms with Crippen molar-refractivity contribution in [1.82, 2.24) is 15.5 Å². The number of benzene rings is 2. The van der Waals surface area contributed by atoms with Gasteiger partial charge in [-0.2, -0.15) is 8.42 Å². The predicted molar refractivity (Wildman–Crippen MR) is 215 cm³/mol. The number of phenolic OH excluding ortho intramolecular Hbond substituents is 1. The first-order chi connectivity index (χ1) is 24.9. The van der Waals surface area contributed by atoms with Crippen molar-refractivity contribution in [3.8, 4) is 5.75 Å². The summed E-state index contributed by atoms with van der Waals surface area (Å²) in [4.78, 5) is 21.5. The summed E-state index contributed by atoms with van der Waals surface area (Å²) >= 11 is 1.20. The number of amides is 1. The maximum Gasteiger partial charge on any atom is 0.261 e. The SMILES string of the molecule is CCC[C@@H]1C[C@@H](C(=O)N[C@@H]([C@H]2O[C@H](SC)[C@H](O)[C@@H](O)[C@H]2O)[C@@H](C)O)N(C)C1.CS(=O)(=O)O.Cc1ccc(N(CC2=NCCN2)c2cccc(O)c2)cc1.Cl. The summed E-state index contributed by atoms with van der Waals surface area (Å²) in [5, 5.41) is 56.6. The largest absolute Gasteiger partial charge is 0.508 e. The first-order valence-electron chi connectivity index (χ1n) is 17.7. The molecule has 2 fully saturated rings. The number of halogens is 1. The Morgan fingerprint density at radius 2 is 1.78 bits per heavy atom. The lowest BCUT2D eigenvalue weighted by molar-refractivity contribution is -0.211. The molecule has 3 aliphatic rings. The molecule has 9 atom stereocenters. The van der Waals surface area contributed by atoms with Gasteiger partial charge in [0.05, 0.1) is 37.5 Å². The van der Waals surface area contributed by atoms with Crippen LogP contribution in [0, 0.1) is 12.8 Å². The van der Waals surface area contributed by atoms with Gasteiger partial charge < -0.3 is 45.8 Å². The second-order valence-electron chi connectivity index (χ2n) is 13.7. The summed E-state index contributed by atoms with van der Waals surface area (Å²) in [5.41, 5.74) is 2.51. The van der Waals surface area contributed by atoms with Gasteiger partial charge in [-0.25, -0.2) is 0 Å². The van der Waals surface area contributed by atoms with E-state index in [4.69, 9.17) is 9.29 Å². The maximum absolute atomic E-state index is 12.8. The van der Waals surface area contributed by atoms with Gasteiger partial charge in [0.25, 0.3) is 10.1 Å². The van der Waals surface area contributed by atoms with E-state index >= 15 is 0 Å². The van der Waals surface area contributed by atoms with Gasteiger partial charge in [-0.15, -0.1) is 24.2 Å². The van der Waals surface area contributed by atoms with E-state index in [-0.39, 0.29) is 30.1 Å². The minimum absolute atomic E-state index is 0. The molecule has 2 aromatic carbocycles. The number of likely N-dealkylation sites (tertiary alicyclic amines) is 1. The van der Waals surface area contributed by atoms with Crippen LogP contribution in [0.15, 0.2) is 53.5 Å². The number of thioether (sulfide) groups is 1. The number of nitrogens with zero attached hydrogens (tertiary/aromatic N) is 3. The zero-order valence-corrected chi connectivity index (χ0v) is 34.1. The van der Waals surface area contributed by atoms with Crippen LogP contribution in [-0.4, -0.2) is 149 Å². The molecule has 0 unspecified atom stereocenters. The highest BCUT2D eigenvalue weighted by Crippen LogP contribution is 2.31. The van der Waals surface area contributed by atoms with Gasteiger partial charge in [0.1, 0.15) is 41.4 Å². The van der Waals surface area contributed by atoms with Crippen molar-refractivity contribution in [2.75, 3.05) is 50.6 Å². The number of ether oxygens (including phenoxy) is 1. The number of aliphatic hydroxyl groups is 4. The van der Waals surface area contributed by atoms with Crippen LogP contribution in [0.5, 0.6) is 5.75 Å². The van der Waals surface area contributed by atoms with Gasteiger partial charge in [-0.3, -0.25) is 19.2 Å². The lowest BCUT2D eigenvalue weighted by atomic mass is 9.92. The van der Waals surface area contributed by atoms with Crippen LogP contribution in [0.4, 0.5) is 11.4 Å². The molecule has 18 heteroatoms.